The van der Waals surface area contributed by atoms with E-state index in [1.807, 2.05) is 19.1 Å². The number of fused-ring (bicyclic) bond motifs is 3. The molecule has 0 amide bonds. The van der Waals surface area contributed by atoms with Crippen molar-refractivity contribution in [3.05, 3.63) is 113 Å². The second-order valence-electron chi connectivity index (χ2n) is 9.58. The minimum absolute atomic E-state index is 0.286. The molecule has 5 nitrogen and oxygen atoms in total. The van der Waals surface area contributed by atoms with Gasteiger partial charge in [-0.3, -0.25) is 4.55 Å². The van der Waals surface area contributed by atoms with Crippen LogP contribution in [0.2, 0.25) is 0 Å². The Hall–Kier alpha value is -3.66. The third-order valence-electron chi connectivity index (χ3n) is 6.98. The van der Waals surface area contributed by atoms with Gasteiger partial charge in [0.05, 0.1) is 0 Å². The molecule has 1 N–H and O–H groups in total. The molecule has 5 rings (SSSR count). The zero-order chi connectivity index (χ0) is 29.6. The molecule has 0 aliphatic heterocycles. The molecule has 0 saturated carbocycles. The van der Waals surface area contributed by atoms with E-state index in [0.29, 0.717) is 6.61 Å². The third-order valence-corrected chi connectivity index (χ3v) is 7.57. The molecule has 41 heavy (non-hydrogen) atoms. The van der Waals surface area contributed by atoms with E-state index in [9.17, 15) is 13.2 Å². The van der Waals surface area contributed by atoms with E-state index >= 15 is 0 Å². The zero-order valence-corrected chi connectivity index (χ0v) is 23.6. The molecule has 0 heterocycles. The second-order valence-corrected chi connectivity index (χ2v) is 11.0. The van der Waals surface area contributed by atoms with E-state index in [2.05, 4.69) is 79.7 Å². The Morgan fingerprint density at radius 3 is 2.12 bits per heavy atom. The highest BCUT2D eigenvalue weighted by atomic mass is 32.2. The smallest absolute Gasteiger partial charge is 0.468 e. The van der Waals surface area contributed by atoms with Gasteiger partial charge in [-0.25, -0.2) is 0 Å². The van der Waals surface area contributed by atoms with Crippen molar-refractivity contribution in [3.8, 4) is 28.0 Å². The predicted molar refractivity (Wildman–Crippen MR) is 153 cm³/mol. The standard InChI is InChI=1S/C31H30O2.CHF3O3S/c1-3-32-21-33-26-15-12-24(13-16-26)28-18-19-30-27-11-7-6-10-25(27)20-31(30)29(28)17-14-23-9-5-4-8-22(23)2;2-1(3,4)8(5,6)7/h4-13,15-16,18-19H,3,14,17,20-21H2,1-2H3;(H,5,6,7). The first kappa shape index (κ1) is 30.3. The molecule has 9 heteroatoms. The quantitative estimate of drug-likeness (QED) is 0.0873. The number of benzene rings is 4. The Morgan fingerprint density at radius 2 is 1.46 bits per heavy atom. The number of aryl methyl sites for hydroxylation is 2. The maximum Gasteiger partial charge on any atom is 0.522 e. The van der Waals surface area contributed by atoms with Crippen molar-refractivity contribution < 1.29 is 35.6 Å². The molecule has 0 unspecified atom stereocenters. The highest BCUT2D eigenvalue weighted by Crippen LogP contribution is 2.42. The first-order chi connectivity index (χ1) is 19.5. The number of hydrogen-bond donors (Lipinski definition) is 1. The normalized spacial score (nSPS) is 12.2. The van der Waals surface area contributed by atoms with Crippen molar-refractivity contribution in [3.63, 3.8) is 0 Å². The van der Waals surface area contributed by atoms with Crippen LogP contribution < -0.4 is 4.74 Å². The summed E-state index contributed by atoms with van der Waals surface area (Å²) in [5.41, 5.74) is 6.98. The van der Waals surface area contributed by atoms with Gasteiger partial charge in [0.2, 0.25) is 0 Å². The molecule has 1 aliphatic rings. The highest BCUT2D eigenvalue weighted by Gasteiger charge is 2.44. The SMILES string of the molecule is CCOCOc1ccc(-c2ccc3c(c2CCc2ccccc2C)Cc2ccccc2-3)cc1.O=S(=O)(O)C(F)(F)F. The lowest BCUT2D eigenvalue weighted by Crippen LogP contribution is -2.21. The maximum atomic E-state index is 10.7. The first-order valence-corrected chi connectivity index (χ1v) is 14.6. The Labute approximate surface area is 238 Å². The van der Waals surface area contributed by atoms with Crippen molar-refractivity contribution in [1.82, 2.24) is 0 Å². The van der Waals surface area contributed by atoms with Gasteiger partial charge in [-0.2, -0.15) is 21.6 Å². The summed E-state index contributed by atoms with van der Waals surface area (Å²) in [4.78, 5) is 0. The van der Waals surface area contributed by atoms with Crippen LogP contribution >= 0.6 is 0 Å². The van der Waals surface area contributed by atoms with Crippen LogP contribution in [-0.4, -0.2) is 31.9 Å². The fraction of sp³-hybridized carbons (Fsp3) is 0.250. The van der Waals surface area contributed by atoms with Crippen molar-refractivity contribution in [1.29, 1.82) is 0 Å². The maximum absolute atomic E-state index is 10.7. The van der Waals surface area contributed by atoms with Gasteiger partial charge >= 0.3 is 15.6 Å². The summed E-state index contributed by atoms with van der Waals surface area (Å²) in [6.07, 6.45) is 3.08. The highest BCUT2D eigenvalue weighted by molar-refractivity contribution is 7.86. The lowest BCUT2D eigenvalue weighted by Gasteiger charge is -2.17. The molecule has 0 aromatic heterocycles. The Bertz CT molecular complexity index is 1600. The van der Waals surface area contributed by atoms with Gasteiger partial charge in [0.25, 0.3) is 0 Å². The van der Waals surface area contributed by atoms with Crippen LogP contribution in [0, 0.1) is 6.92 Å². The lowest BCUT2D eigenvalue weighted by molar-refractivity contribution is -0.0510. The van der Waals surface area contributed by atoms with E-state index in [-0.39, 0.29) is 6.79 Å². The van der Waals surface area contributed by atoms with Crippen LogP contribution in [0.4, 0.5) is 13.2 Å². The van der Waals surface area contributed by atoms with E-state index in [0.717, 1.165) is 25.0 Å². The fourth-order valence-electron chi connectivity index (χ4n) is 4.90. The fourth-order valence-corrected chi connectivity index (χ4v) is 4.90. The summed E-state index contributed by atoms with van der Waals surface area (Å²) in [7, 11) is -5.84. The number of ether oxygens (including phenoxy) is 2. The Balaban J connectivity index is 0.000000426. The van der Waals surface area contributed by atoms with Crippen LogP contribution in [0.1, 0.15) is 34.7 Å². The van der Waals surface area contributed by atoms with E-state index in [1.165, 1.54) is 50.1 Å². The second kappa shape index (κ2) is 12.9. The number of alkyl halides is 3. The van der Waals surface area contributed by atoms with Crippen molar-refractivity contribution in [2.75, 3.05) is 13.4 Å². The average Bonchev–Trinajstić information content (AvgIpc) is 3.31. The molecule has 4 aromatic rings. The summed E-state index contributed by atoms with van der Waals surface area (Å²) in [5.74, 6) is 0.835. The molecular weight excluding hydrogens is 553 g/mol. The Kier molecular flexibility index (Phi) is 9.53. The molecule has 0 spiro atoms. The van der Waals surface area contributed by atoms with Gasteiger partial charge in [0, 0.05) is 6.61 Å². The summed E-state index contributed by atoms with van der Waals surface area (Å²) in [6.45, 7) is 5.12. The van der Waals surface area contributed by atoms with E-state index < -0.39 is 15.6 Å². The van der Waals surface area contributed by atoms with Gasteiger partial charge in [-0.1, -0.05) is 72.8 Å². The molecular formula is C32H31F3O5S. The van der Waals surface area contributed by atoms with Crippen molar-refractivity contribution in [2.45, 2.75) is 38.6 Å². The summed E-state index contributed by atoms with van der Waals surface area (Å²) in [5, 5.41) is 0. The Morgan fingerprint density at radius 1 is 0.829 bits per heavy atom. The van der Waals surface area contributed by atoms with E-state index in [1.54, 1.807) is 0 Å². The van der Waals surface area contributed by atoms with Crippen LogP contribution in [0.25, 0.3) is 22.3 Å². The number of rotatable bonds is 8. The molecule has 216 valence electrons. The van der Waals surface area contributed by atoms with Crippen LogP contribution in [0.15, 0.2) is 84.9 Å². The average molecular weight is 585 g/mol. The van der Waals surface area contributed by atoms with Gasteiger partial charge < -0.3 is 9.47 Å². The summed E-state index contributed by atoms with van der Waals surface area (Å²) < 4.78 is 68.5. The van der Waals surface area contributed by atoms with Gasteiger partial charge in [0.1, 0.15) is 5.75 Å². The van der Waals surface area contributed by atoms with Gasteiger partial charge in [-0.15, -0.1) is 0 Å². The van der Waals surface area contributed by atoms with Crippen LogP contribution in [0.5, 0.6) is 5.75 Å². The molecule has 0 saturated heterocycles. The van der Waals surface area contributed by atoms with Crippen LogP contribution in [-0.2, 0) is 34.1 Å². The molecule has 0 radical (unpaired) electrons. The topological polar surface area (TPSA) is 72.8 Å². The minimum Gasteiger partial charge on any atom is -0.468 e. The molecule has 0 fully saturated rings. The van der Waals surface area contributed by atoms with Crippen LogP contribution in [0.3, 0.4) is 0 Å². The molecule has 1 aliphatic carbocycles. The molecule has 0 bridgehead atoms. The number of hydrogen-bond acceptors (Lipinski definition) is 4. The summed E-state index contributed by atoms with van der Waals surface area (Å²) >= 11 is 0. The first-order valence-electron chi connectivity index (χ1n) is 13.1. The monoisotopic (exact) mass is 584 g/mol. The van der Waals surface area contributed by atoms with E-state index in [4.69, 9.17) is 22.4 Å². The lowest BCUT2D eigenvalue weighted by atomic mass is 9.88. The molecule has 4 aromatic carbocycles. The van der Waals surface area contributed by atoms with Gasteiger partial charge in [0.15, 0.2) is 6.79 Å². The molecule has 0 atom stereocenters. The van der Waals surface area contributed by atoms with Crippen molar-refractivity contribution in [2.24, 2.45) is 0 Å². The summed E-state index contributed by atoms with van der Waals surface area (Å²) in [6, 6.07) is 30.6. The number of halogens is 3. The third kappa shape index (κ3) is 7.35. The van der Waals surface area contributed by atoms with Crippen molar-refractivity contribution >= 4 is 10.1 Å². The predicted octanol–water partition coefficient (Wildman–Crippen LogP) is 7.79. The van der Waals surface area contributed by atoms with Gasteiger partial charge in [-0.05, 0) is 95.3 Å². The largest absolute Gasteiger partial charge is 0.522 e. The zero-order valence-electron chi connectivity index (χ0n) is 22.7. The minimum atomic E-state index is -5.84.